The van der Waals surface area contributed by atoms with Crippen LogP contribution in [0.4, 0.5) is 0 Å². The molecule has 0 spiro atoms. The van der Waals surface area contributed by atoms with Crippen molar-refractivity contribution in [3.8, 4) is 5.75 Å². The minimum absolute atomic E-state index is 0.102. The molecule has 0 atom stereocenters. The molecule has 0 saturated carbocycles. The van der Waals surface area contributed by atoms with Crippen LogP contribution in [0, 0.1) is 0 Å². The van der Waals surface area contributed by atoms with Crippen molar-refractivity contribution >= 4 is 22.8 Å². The number of hydrogen-bond donors (Lipinski definition) is 2. The van der Waals surface area contributed by atoms with E-state index in [1.807, 2.05) is 6.92 Å². The van der Waals surface area contributed by atoms with Crippen molar-refractivity contribution in [2.24, 2.45) is 19.2 Å². The summed E-state index contributed by atoms with van der Waals surface area (Å²) in [5, 5.41) is 15.3. The number of fused-ring (bicyclic) bond motifs is 1. The zero-order valence-corrected chi connectivity index (χ0v) is 15.7. The number of aromatic nitrogens is 4. The summed E-state index contributed by atoms with van der Waals surface area (Å²) in [6.45, 7) is 1.72. The molecule has 2 N–H and O–H groups in total. The van der Waals surface area contributed by atoms with E-state index >= 15 is 0 Å². The summed E-state index contributed by atoms with van der Waals surface area (Å²) >= 11 is 0. The first kappa shape index (κ1) is 19.1. The van der Waals surface area contributed by atoms with Crippen molar-refractivity contribution in [3.63, 3.8) is 0 Å². The van der Waals surface area contributed by atoms with Crippen LogP contribution in [-0.4, -0.2) is 25.7 Å². The fourth-order valence-electron chi connectivity index (χ4n) is 2.89. The molecule has 0 aliphatic heterocycles. The van der Waals surface area contributed by atoms with Gasteiger partial charge in [-0.25, -0.2) is 19.8 Å². The summed E-state index contributed by atoms with van der Waals surface area (Å²) in [6, 6.07) is 6.17. The topological polar surface area (TPSA) is 128 Å². The maximum Gasteiger partial charge on any atom is 0.333 e. The second-order valence-corrected chi connectivity index (χ2v) is 6.28. The van der Waals surface area contributed by atoms with Gasteiger partial charge in [-0.15, -0.1) is 5.75 Å². The summed E-state index contributed by atoms with van der Waals surface area (Å²) in [5.41, 5.74) is 3.42. The van der Waals surface area contributed by atoms with Gasteiger partial charge in [0.2, 0.25) is 6.33 Å². The van der Waals surface area contributed by atoms with Gasteiger partial charge in [0.25, 0.3) is 17.1 Å². The van der Waals surface area contributed by atoms with E-state index in [2.05, 4.69) is 15.5 Å². The second kappa shape index (κ2) is 7.51. The number of amides is 1. The molecule has 1 amide bonds. The fourth-order valence-corrected chi connectivity index (χ4v) is 2.89. The lowest BCUT2D eigenvalue weighted by molar-refractivity contribution is -0.659. The van der Waals surface area contributed by atoms with Gasteiger partial charge < -0.3 is 5.11 Å². The van der Waals surface area contributed by atoms with Crippen LogP contribution in [0.3, 0.4) is 0 Å². The quantitative estimate of drug-likeness (QED) is 0.327. The Kier molecular flexibility index (Phi) is 5.12. The predicted octanol–water partition coefficient (Wildman–Crippen LogP) is -1.14. The third kappa shape index (κ3) is 3.43. The van der Waals surface area contributed by atoms with Crippen LogP contribution in [-0.2, 0) is 25.4 Å². The van der Waals surface area contributed by atoms with Crippen LogP contribution in [0.1, 0.15) is 18.9 Å². The largest absolute Gasteiger partial charge is 0.872 e. The molecule has 146 valence electrons. The van der Waals surface area contributed by atoms with E-state index in [0.29, 0.717) is 17.8 Å². The highest BCUT2D eigenvalue weighted by Gasteiger charge is 2.21. The number of hydrazone groups is 1. The molecule has 10 heteroatoms. The Balaban J connectivity index is 1.84. The van der Waals surface area contributed by atoms with Gasteiger partial charge in [0.05, 0.1) is 5.71 Å². The number of rotatable bonds is 5. The third-order valence-corrected chi connectivity index (χ3v) is 4.44. The monoisotopic (exact) mass is 384 g/mol. The minimum Gasteiger partial charge on any atom is -0.872 e. The second-order valence-electron chi connectivity index (χ2n) is 6.28. The van der Waals surface area contributed by atoms with Crippen LogP contribution >= 0.6 is 0 Å². The number of carbonyl (C=O) groups is 1. The van der Waals surface area contributed by atoms with E-state index in [4.69, 9.17) is 0 Å². The highest BCUT2D eigenvalue weighted by atomic mass is 16.3. The zero-order chi connectivity index (χ0) is 20.4. The first-order chi connectivity index (χ1) is 13.3. The summed E-state index contributed by atoms with van der Waals surface area (Å²) in [5.74, 6) is -0.539. The van der Waals surface area contributed by atoms with Crippen molar-refractivity contribution in [2.45, 2.75) is 19.9 Å². The number of nitrogens with zero attached hydrogens (tertiary/aromatic N) is 4. The van der Waals surface area contributed by atoms with E-state index in [0.717, 1.165) is 10.1 Å². The normalized spacial score (nSPS) is 11.8. The van der Waals surface area contributed by atoms with Gasteiger partial charge in [0, 0.05) is 14.1 Å². The van der Waals surface area contributed by atoms with Gasteiger partial charge in [-0.05, 0) is 12.0 Å². The smallest absolute Gasteiger partial charge is 0.333 e. The van der Waals surface area contributed by atoms with Gasteiger partial charge in [-0.1, -0.05) is 31.2 Å². The fraction of sp³-hybridized carbons (Fsp3) is 0.278. The SMILES string of the molecule is CC/C(=N\NC(=O)C[n+]1c[nH]c2c1c(=O)n(C)c(=O)n2C)c1ccc([O-])cc1. The lowest BCUT2D eigenvalue weighted by Crippen LogP contribution is -2.46. The molecule has 3 rings (SSSR count). The molecule has 2 heterocycles. The molecule has 0 saturated heterocycles. The van der Waals surface area contributed by atoms with Crippen molar-refractivity contribution in [3.05, 3.63) is 57.0 Å². The van der Waals surface area contributed by atoms with E-state index in [1.54, 1.807) is 12.1 Å². The summed E-state index contributed by atoms with van der Waals surface area (Å²) in [4.78, 5) is 39.6. The van der Waals surface area contributed by atoms with E-state index in [9.17, 15) is 19.5 Å². The average molecular weight is 384 g/mol. The maximum absolute atomic E-state index is 12.4. The number of aryl methyl sites for hydroxylation is 1. The number of imidazole rings is 1. The van der Waals surface area contributed by atoms with Gasteiger partial charge in [0.1, 0.15) is 0 Å². The molecular weight excluding hydrogens is 364 g/mol. The Morgan fingerprint density at radius 2 is 1.89 bits per heavy atom. The molecule has 0 fully saturated rings. The molecule has 3 aromatic rings. The first-order valence-electron chi connectivity index (χ1n) is 8.62. The van der Waals surface area contributed by atoms with Crippen molar-refractivity contribution in [1.82, 2.24) is 19.5 Å². The number of aromatic amines is 1. The van der Waals surface area contributed by atoms with Crippen molar-refractivity contribution in [2.75, 3.05) is 0 Å². The van der Waals surface area contributed by atoms with E-state index < -0.39 is 17.2 Å². The van der Waals surface area contributed by atoms with Crippen LogP contribution in [0.15, 0.2) is 45.3 Å². The maximum atomic E-state index is 12.4. The Morgan fingerprint density at radius 3 is 2.54 bits per heavy atom. The molecule has 1 aromatic carbocycles. The molecule has 10 nitrogen and oxygen atoms in total. The standard InChI is InChI=1S/C18H20N6O4/c1-4-13(11-5-7-12(25)8-6-11)20-21-14(26)9-24-10-19-16-15(24)17(27)23(3)18(28)22(16)2/h5-8,10H,4,9H2,1-3H3,(H2,20,21,25,26). The summed E-state index contributed by atoms with van der Waals surface area (Å²) < 4.78 is 3.72. The number of nitrogens with one attached hydrogen (secondary N) is 2. The summed E-state index contributed by atoms with van der Waals surface area (Å²) in [6.07, 6.45) is 2.02. The van der Waals surface area contributed by atoms with Crippen molar-refractivity contribution < 1.29 is 14.5 Å². The Morgan fingerprint density at radius 1 is 1.21 bits per heavy atom. The number of benzene rings is 1. The van der Waals surface area contributed by atoms with Gasteiger partial charge in [-0.2, -0.15) is 5.10 Å². The molecule has 0 aliphatic rings. The average Bonchev–Trinajstić information content (AvgIpc) is 3.10. The first-order valence-corrected chi connectivity index (χ1v) is 8.62. The van der Waals surface area contributed by atoms with Crippen LogP contribution in [0.5, 0.6) is 5.75 Å². The van der Waals surface area contributed by atoms with E-state index in [1.165, 1.54) is 41.7 Å². The molecule has 28 heavy (non-hydrogen) atoms. The molecule has 0 bridgehead atoms. The van der Waals surface area contributed by atoms with Crippen molar-refractivity contribution in [1.29, 1.82) is 0 Å². The number of carbonyl (C=O) groups excluding carboxylic acids is 1. The Hall–Kier alpha value is -3.69. The molecule has 0 unspecified atom stereocenters. The summed E-state index contributed by atoms with van der Waals surface area (Å²) in [7, 11) is 2.92. The van der Waals surface area contributed by atoms with Gasteiger partial charge in [-0.3, -0.25) is 18.7 Å². The molecule has 0 radical (unpaired) electrons. The predicted molar refractivity (Wildman–Crippen MR) is 99.8 cm³/mol. The lowest BCUT2D eigenvalue weighted by atomic mass is 10.1. The molecule has 0 aliphatic carbocycles. The lowest BCUT2D eigenvalue weighted by Gasteiger charge is -2.08. The molecular formula is C18H20N6O4. The number of hydrogen-bond acceptors (Lipinski definition) is 5. The number of H-pyrrole nitrogens is 1. The van der Waals surface area contributed by atoms with Crippen LogP contribution in [0.2, 0.25) is 0 Å². The highest BCUT2D eigenvalue weighted by molar-refractivity contribution is 6.00. The Labute approximate surface area is 159 Å². The Bertz CT molecular complexity index is 1180. The third-order valence-electron chi connectivity index (χ3n) is 4.44. The molecule has 2 aromatic heterocycles. The van der Waals surface area contributed by atoms with Gasteiger partial charge in [0.15, 0.2) is 6.54 Å². The highest BCUT2D eigenvalue weighted by Crippen LogP contribution is 2.09. The van der Waals surface area contributed by atoms with E-state index in [-0.39, 0.29) is 17.8 Å². The van der Waals surface area contributed by atoms with Gasteiger partial charge >= 0.3 is 11.2 Å². The van der Waals surface area contributed by atoms with Crippen LogP contribution in [0.25, 0.3) is 11.2 Å². The van der Waals surface area contributed by atoms with Crippen LogP contribution < -0.4 is 26.3 Å². The zero-order valence-electron chi connectivity index (χ0n) is 15.7. The minimum atomic E-state index is -0.498.